The van der Waals surface area contributed by atoms with Gasteiger partial charge in [-0.3, -0.25) is 14.5 Å². The molecule has 4 bridgehead atoms. The van der Waals surface area contributed by atoms with Gasteiger partial charge in [-0.1, -0.05) is 55.6 Å². The van der Waals surface area contributed by atoms with E-state index in [1.165, 1.54) is 57.8 Å². The molecule has 3 heterocycles. The van der Waals surface area contributed by atoms with Crippen molar-refractivity contribution in [3.05, 3.63) is 53.0 Å². The van der Waals surface area contributed by atoms with Gasteiger partial charge in [-0.15, -0.1) is 0 Å². The average molecular weight is 575 g/mol. The number of carbonyl (C=O) groups excluding carboxylic acids is 1. The van der Waals surface area contributed by atoms with Crippen LogP contribution in [0.1, 0.15) is 102 Å². The summed E-state index contributed by atoms with van der Waals surface area (Å²) >= 11 is 0. The molecular formula is C34H46N4O4. The van der Waals surface area contributed by atoms with Crippen molar-refractivity contribution in [2.24, 2.45) is 17.0 Å². The number of hydrogen-bond donors (Lipinski definition) is 0. The quantitative estimate of drug-likeness (QED) is 0.111. The van der Waals surface area contributed by atoms with E-state index in [1.807, 2.05) is 28.8 Å². The zero-order valence-electron chi connectivity index (χ0n) is 25.1. The molecule has 0 radical (unpaired) electrons. The van der Waals surface area contributed by atoms with Crippen LogP contribution in [-0.2, 0) is 14.4 Å². The molecule has 2 aromatic rings. The molecule has 0 spiro atoms. The van der Waals surface area contributed by atoms with E-state index < -0.39 is 0 Å². The number of nitrogens with zero attached hydrogens (tertiary/aromatic N) is 4. The predicted molar refractivity (Wildman–Crippen MR) is 165 cm³/mol. The topological polar surface area (TPSA) is 86.0 Å². The van der Waals surface area contributed by atoms with Crippen molar-refractivity contribution in [1.29, 1.82) is 0 Å². The Labute approximate surface area is 249 Å². The highest BCUT2D eigenvalue weighted by Crippen LogP contribution is 2.47. The first-order chi connectivity index (χ1) is 20.6. The van der Waals surface area contributed by atoms with Crippen molar-refractivity contribution < 1.29 is 14.4 Å². The Bertz CT molecular complexity index is 1340. The summed E-state index contributed by atoms with van der Waals surface area (Å²) in [5, 5.41) is 4.28. The second-order valence-electron chi connectivity index (χ2n) is 12.9. The summed E-state index contributed by atoms with van der Waals surface area (Å²) < 4.78 is 7.14. The second kappa shape index (κ2) is 13.1. The molecule has 5 atom stereocenters. The van der Waals surface area contributed by atoms with Crippen LogP contribution in [0.15, 0.2) is 46.9 Å². The zero-order valence-corrected chi connectivity index (χ0v) is 25.1. The highest BCUT2D eigenvalue weighted by atomic mass is 16.6. The van der Waals surface area contributed by atoms with E-state index >= 15 is 0 Å². The number of rotatable bonds is 10. The van der Waals surface area contributed by atoms with E-state index in [2.05, 4.69) is 16.6 Å². The molecule has 1 aromatic carbocycles. The maximum absolute atomic E-state index is 14.4. The van der Waals surface area contributed by atoms with Gasteiger partial charge in [0, 0.05) is 30.6 Å². The zero-order chi connectivity index (χ0) is 29.1. The summed E-state index contributed by atoms with van der Waals surface area (Å²) in [7, 11) is 0. The lowest BCUT2D eigenvalue weighted by molar-refractivity contribution is -0.142. The Morgan fingerprint density at radius 2 is 1.69 bits per heavy atom. The van der Waals surface area contributed by atoms with Crippen molar-refractivity contribution in [2.75, 3.05) is 13.2 Å². The minimum absolute atomic E-state index is 0.0965. The number of para-hydroxylation sites is 2. The molecule has 42 heavy (non-hydrogen) atoms. The third-order valence-corrected chi connectivity index (χ3v) is 10.2. The van der Waals surface area contributed by atoms with Crippen LogP contribution in [0.2, 0.25) is 0 Å². The molecule has 2 aliphatic heterocycles. The molecule has 3 unspecified atom stereocenters. The number of aromatic nitrogens is 2. The number of fused-ring (bicyclic) bond motifs is 5. The number of benzene rings is 1. The molecule has 226 valence electrons. The molecule has 6 rings (SSSR count). The lowest BCUT2D eigenvalue weighted by atomic mass is 9.68. The summed E-state index contributed by atoms with van der Waals surface area (Å²) in [6.07, 6.45) is 16.0. The van der Waals surface area contributed by atoms with Crippen LogP contribution in [0.25, 0.3) is 11.0 Å². The van der Waals surface area contributed by atoms with Gasteiger partial charge < -0.3 is 14.1 Å². The summed E-state index contributed by atoms with van der Waals surface area (Å²) in [4.78, 5) is 39.8. The van der Waals surface area contributed by atoms with E-state index in [1.54, 1.807) is 13.0 Å². The van der Waals surface area contributed by atoms with Crippen LogP contribution >= 0.6 is 0 Å². The van der Waals surface area contributed by atoms with E-state index in [4.69, 9.17) is 14.6 Å². The van der Waals surface area contributed by atoms with Gasteiger partial charge in [0.2, 0.25) is 0 Å². The van der Waals surface area contributed by atoms with E-state index in [0.717, 1.165) is 35.7 Å². The summed E-state index contributed by atoms with van der Waals surface area (Å²) in [6.45, 7) is 5.99. The van der Waals surface area contributed by atoms with Crippen LogP contribution in [0.3, 0.4) is 0 Å². The van der Waals surface area contributed by atoms with Crippen molar-refractivity contribution >= 4 is 22.7 Å². The van der Waals surface area contributed by atoms with E-state index in [0.29, 0.717) is 30.4 Å². The Morgan fingerprint density at radius 3 is 2.40 bits per heavy atom. The van der Waals surface area contributed by atoms with Gasteiger partial charge in [-0.05, 0) is 75.8 Å². The number of piperidine rings is 2. The smallest absolute Gasteiger partial charge is 0.306 e. The molecule has 0 N–H and O–H groups in total. The largest absolute Gasteiger partial charge is 0.466 e. The highest BCUT2D eigenvalue weighted by molar-refractivity contribution is 6.00. The Hall–Kier alpha value is -3.00. The third-order valence-electron chi connectivity index (χ3n) is 10.2. The summed E-state index contributed by atoms with van der Waals surface area (Å²) in [5.74, 6) is 1.49. The standard InChI is InChI=1S/C34H46N4O4/c1-3-17-42-36-30(15-16-32(39)41-4-2)33-34(40)38(31-14-6-5-13-29(31)35-33)28-21-25-11-8-12-26(22-28)37(25)27-19-23-9-7-10-24(18-23)20-27/h3,5-6,13-14,23-28H,1,4,7-12,15-22H2,2H3/b36-30+/t23?,24?,25-,26+,27?,28?. The molecule has 8 heteroatoms. The van der Waals surface area contributed by atoms with Gasteiger partial charge in [-0.2, -0.15) is 0 Å². The summed E-state index contributed by atoms with van der Waals surface area (Å²) in [5.41, 5.74) is 2.11. The highest BCUT2D eigenvalue weighted by Gasteiger charge is 2.45. The molecule has 2 saturated carbocycles. The normalized spacial score (nSPS) is 29.7. The number of carbonyl (C=O) groups is 1. The SMILES string of the molecule is C=CCO/N=C(\CCC(=O)OCC)c1nc2ccccc2n(C2C[C@H]3CCC[C@@H](C2)N3C2CC3CCCC(C3)C2)c1=O. The molecule has 1 aromatic heterocycles. The fraction of sp³-hybridized carbons (Fsp3) is 0.647. The molecule has 0 amide bonds. The fourth-order valence-corrected chi connectivity index (χ4v) is 8.67. The van der Waals surface area contributed by atoms with Gasteiger partial charge in [0.05, 0.1) is 24.1 Å². The lowest BCUT2D eigenvalue weighted by Gasteiger charge is -2.55. The van der Waals surface area contributed by atoms with Crippen molar-refractivity contribution in [3.8, 4) is 0 Å². The van der Waals surface area contributed by atoms with Crippen LogP contribution in [0.4, 0.5) is 0 Å². The van der Waals surface area contributed by atoms with Crippen LogP contribution < -0.4 is 5.56 Å². The van der Waals surface area contributed by atoms with Crippen molar-refractivity contribution in [2.45, 2.75) is 115 Å². The Kier molecular flexibility index (Phi) is 9.08. The number of ether oxygens (including phenoxy) is 1. The maximum Gasteiger partial charge on any atom is 0.306 e. The molecule has 4 fully saturated rings. The van der Waals surface area contributed by atoms with Crippen LogP contribution in [-0.4, -0.2) is 57.5 Å². The molecule has 4 aliphatic rings. The van der Waals surface area contributed by atoms with E-state index in [9.17, 15) is 9.59 Å². The molecule has 2 aliphatic carbocycles. The fourth-order valence-electron chi connectivity index (χ4n) is 8.67. The van der Waals surface area contributed by atoms with Crippen LogP contribution in [0.5, 0.6) is 0 Å². The van der Waals surface area contributed by atoms with E-state index in [-0.39, 0.29) is 42.7 Å². The predicted octanol–water partition coefficient (Wildman–Crippen LogP) is 6.17. The maximum atomic E-state index is 14.4. The van der Waals surface area contributed by atoms with Crippen molar-refractivity contribution in [3.63, 3.8) is 0 Å². The lowest BCUT2D eigenvalue weighted by Crippen LogP contribution is -2.58. The van der Waals surface area contributed by atoms with Gasteiger partial charge in [-0.25, -0.2) is 4.98 Å². The third kappa shape index (κ3) is 6.05. The monoisotopic (exact) mass is 574 g/mol. The van der Waals surface area contributed by atoms with Crippen molar-refractivity contribution in [1.82, 2.24) is 14.5 Å². The van der Waals surface area contributed by atoms with Gasteiger partial charge >= 0.3 is 5.97 Å². The van der Waals surface area contributed by atoms with Crippen LogP contribution in [0, 0.1) is 11.8 Å². The summed E-state index contributed by atoms with van der Waals surface area (Å²) in [6, 6.07) is 9.74. The van der Waals surface area contributed by atoms with Gasteiger partial charge in [0.1, 0.15) is 12.3 Å². The number of oxime groups is 1. The van der Waals surface area contributed by atoms with Gasteiger partial charge in [0.15, 0.2) is 5.69 Å². The first-order valence-corrected chi connectivity index (χ1v) is 16.3. The minimum atomic E-state index is -0.331. The number of hydrogen-bond acceptors (Lipinski definition) is 7. The first-order valence-electron chi connectivity index (χ1n) is 16.3. The molecule has 8 nitrogen and oxygen atoms in total. The first kappa shape index (κ1) is 29.1. The second-order valence-corrected chi connectivity index (χ2v) is 12.9. The Morgan fingerprint density at radius 1 is 0.976 bits per heavy atom. The van der Waals surface area contributed by atoms with Gasteiger partial charge in [0.25, 0.3) is 5.56 Å². The number of esters is 1. The molecule has 2 saturated heterocycles. The minimum Gasteiger partial charge on any atom is -0.466 e. The Balaban J connectivity index is 1.33. The molecular weight excluding hydrogens is 528 g/mol. The average Bonchev–Trinajstić information content (AvgIpc) is 2.98.